The summed E-state index contributed by atoms with van der Waals surface area (Å²) in [6.07, 6.45) is 1.23. The second kappa shape index (κ2) is 5.73. The van der Waals surface area contributed by atoms with Crippen molar-refractivity contribution in [3.05, 3.63) is 35.1 Å². The molecule has 0 unspecified atom stereocenters. The highest BCUT2D eigenvalue weighted by Crippen LogP contribution is 2.22. The lowest BCUT2D eigenvalue weighted by Crippen LogP contribution is -2.32. The minimum Gasteiger partial charge on any atom is -0.309 e. The van der Waals surface area contributed by atoms with Crippen LogP contribution in [0, 0.1) is 17.5 Å². The third-order valence-electron chi connectivity index (χ3n) is 3.62. The van der Waals surface area contributed by atoms with Crippen molar-refractivity contribution in [2.45, 2.75) is 31.1 Å². The Bertz CT molecular complexity index is 581. The predicted octanol–water partition coefficient (Wildman–Crippen LogP) is 2.33. The van der Waals surface area contributed by atoms with E-state index in [-0.39, 0.29) is 17.9 Å². The Morgan fingerprint density at radius 3 is 2.40 bits per heavy atom. The number of nitrogens with one attached hydrogen (secondary N) is 1. The van der Waals surface area contributed by atoms with E-state index in [1.165, 1.54) is 0 Å². The molecule has 0 radical (unpaired) electrons. The molecule has 1 fully saturated rings. The molecule has 2 rings (SSSR count). The van der Waals surface area contributed by atoms with Gasteiger partial charge in [0.05, 0.1) is 11.0 Å². The van der Waals surface area contributed by atoms with Crippen molar-refractivity contribution in [1.82, 2.24) is 5.32 Å². The first-order valence-electron chi connectivity index (χ1n) is 6.40. The molecule has 0 amide bonds. The van der Waals surface area contributed by atoms with Gasteiger partial charge in [0.1, 0.15) is 0 Å². The molecule has 1 heterocycles. The van der Waals surface area contributed by atoms with E-state index in [4.69, 9.17) is 0 Å². The van der Waals surface area contributed by atoms with Gasteiger partial charge < -0.3 is 5.32 Å². The van der Waals surface area contributed by atoms with Gasteiger partial charge in [-0.15, -0.1) is 0 Å². The van der Waals surface area contributed by atoms with Crippen LogP contribution in [0.15, 0.2) is 12.1 Å². The lowest BCUT2D eigenvalue weighted by Gasteiger charge is -2.17. The molecule has 0 spiro atoms. The molecule has 0 saturated carbocycles. The Labute approximate surface area is 116 Å². The van der Waals surface area contributed by atoms with Gasteiger partial charge >= 0.3 is 0 Å². The molecule has 7 heteroatoms. The lowest BCUT2D eigenvalue weighted by atomic mass is 10.1. The molecule has 2 atom stereocenters. The molecule has 20 heavy (non-hydrogen) atoms. The van der Waals surface area contributed by atoms with Gasteiger partial charge in [-0.2, -0.15) is 0 Å². The van der Waals surface area contributed by atoms with Crippen LogP contribution >= 0.6 is 0 Å². The maximum Gasteiger partial charge on any atom is 0.194 e. The minimum absolute atomic E-state index is 0.188. The van der Waals surface area contributed by atoms with Gasteiger partial charge in [0.2, 0.25) is 0 Å². The molecule has 0 aliphatic carbocycles. The molecule has 1 saturated heterocycles. The standard InChI is InChI=1S/C13H16F3NO2S/c1-8(9-5-11(14)13(16)12(15)6-9)17-7-10-3-2-4-20(10,18)19/h5-6,8,10,17H,2-4,7H2,1H3/t8-,10-/m0/s1. The van der Waals surface area contributed by atoms with E-state index in [0.717, 1.165) is 12.1 Å². The van der Waals surface area contributed by atoms with Crippen molar-refractivity contribution in [3.63, 3.8) is 0 Å². The zero-order valence-corrected chi connectivity index (χ0v) is 11.8. The Morgan fingerprint density at radius 1 is 1.30 bits per heavy atom. The van der Waals surface area contributed by atoms with Crippen LogP contribution < -0.4 is 5.32 Å². The van der Waals surface area contributed by atoms with E-state index < -0.39 is 38.6 Å². The third-order valence-corrected chi connectivity index (χ3v) is 5.90. The number of rotatable bonds is 4. The molecule has 1 aliphatic rings. The second-order valence-corrected chi connectivity index (χ2v) is 7.46. The Kier molecular flexibility index (Phi) is 4.39. The number of hydrogen-bond acceptors (Lipinski definition) is 3. The van der Waals surface area contributed by atoms with Crippen LogP contribution in [0.5, 0.6) is 0 Å². The molecule has 112 valence electrons. The molecule has 1 aliphatic heterocycles. The van der Waals surface area contributed by atoms with Gasteiger partial charge in [-0.1, -0.05) is 0 Å². The summed E-state index contributed by atoms with van der Waals surface area (Å²) in [5.74, 6) is -3.81. The fraction of sp³-hybridized carbons (Fsp3) is 0.538. The molecule has 1 aromatic carbocycles. The molecular weight excluding hydrogens is 291 g/mol. The molecule has 1 N–H and O–H groups in total. The average Bonchev–Trinajstić information content (AvgIpc) is 2.71. The SMILES string of the molecule is C[C@H](NC[C@@H]1CCCS1(=O)=O)c1cc(F)c(F)c(F)c1. The first-order valence-corrected chi connectivity index (χ1v) is 8.12. The summed E-state index contributed by atoms with van der Waals surface area (Å²) < 4.78 is 62.4. The molecule has 1 aromatic rings. The van der Waals surface area contributed by atoms with Gasteiger partial charge in [-0.25, -0.2) is 21.6 Å². The summed E-state index contributed by atoms with van der Waals surface area (Å²) >= 11 is 0. The Balaban J connectivity index is 2.04. The summed E-state index contributed by atoms with van der Waals surface area (Å²) in [7, 11) is -3.06. The molecular formula is C13H16F3NO2S. The van der Waals surface area contributed by atoms with E-state index in [2.05, 4.69) is 5.32 Å². The monoisotopic (exact) mass is 307 g/mol. The number of benzene rings is 1. The van der Waals surface area contributed by atoms with E-state index >= 15 is 0 Å². The maximum absolute atomic E-state index is 13.1. The second-order valence-electron chi connectivity index (χ2n) is 5.06. The fourth-order valence-electron chi connectivity index (χ4n) is 2.34. The topological polar surface area (TPSA) is 46.2 Å². The Hall–Kier alpha value is -1.08. The average molecular weight is 307 g/mol. The van der Waals surface area contributed by atoms with Crippen LogP contribution in [0.4, 0.5) is 13.2 Å². The van der Waals surface area contributed by atoms with E-state index in [9.17, 15) is 21.6 Å². The first-order chi connectivity index (χ1) is 9.31. The summed E-state index contributed by atoms with van der Waals surface area (Å²) in [5, 5.41) is 2.48. The van der Waals surface area contributed by atoms with Gasteiger partial charge in [-0.3, -0.25) is 0 Å². The molecule has 3 nitrogen and oxygen atoms in total. The van der Waals surface area contributed by atoms with Crippen molar-refractivity contribution >= 4 is 9.84 Å². The quantitative estimate of drug-likeness (QED) is 0.869. The largest absolute Gasteiger partial charge is 0.309 e. The Morgan fingerprint density at radius 2 is 1.90 bits per heavy atom. The van der Waals surface area contributed by atoms with E-state index in [0.29, 0.717) is 12.8 Å². The van der Waals surface area contributed by atoms with Crippen molar-refractivity contribution in [3.8, 4) is 0 Å². The summed E-state index contributed by atoms with van der Waals surface area (Å²) in [6, 6.07) is 1.37. The van der Waals surface area contributed by atoms with Crippen molar-refractivity contribution in [1.29, 1.82) is 0 Å². The minimum atomic E-state index is -3.06. The highest BCUT2D eigenvalue weighted by atomic mass is 32.2. The van der Waals surface area contributed by atoms with Crippen LogP contribution in [-0.4, -0.2) is 26.0 Å². The normalized spacial score (nSPS) is 22.9. The number of sulfone groups is 1. The highest BCUT2D eigenvalue weighted by molar-refractivity contribution is 7.92. The summed E-state index contributed by atoms with van der Waals surface area (Å²) in [6.45, 7) is 1.87. The first kappa shape index (κ1) is 15.3. The zero-order chi connectivity index (χ0) is 14.9. The van der Waals surface area contributed by atoms with Gasteiger partial charge in [0.25, 0.3) is 0 Å². The van der Waals surface area contributed by atoms with Crippen LogP contribution in [-0.2, 0) is 9.84 Å². The van der Waals surface area contributed by atoms with Gasteiger partial charge in [0, 0.05) is 12.6 Å². The summed E-state index contributed by atoms with van der Waals surface area (Å²) in [4.78, 5) is 0. The maximum atomic E-state index is 13.1. The summed E-state index contributed by atoms with van der Waals surface area (Å²) in [5.41, 5.74) is 0.247. The van der Waals surface area contributed by atoms with Crippen molar-refractivity contribution < 1.29 is 21.6 Å². The molecule has 0 aromatic heterocycles. The zero-order valence-electron chi connectivity index (χ0n) is 11.0. The van der Waals surface area contributed by atoms with Crippen LogP contribution in [0.1, 0.15) is 31.4 Å². The lowest BCUT2D eigenvalue weighted by molar-refractivity contribution is 0.440. The predicted molar refractivity (Wildman–Crippen MR) is 69.5 cm³/mol. The third kappa shape index (κ3) is 3.15. The van der Waals surface area contributed by atoms with E-state index in [1.54, 1.807) is 6.92 Å². The van der Waals surface area contributed by atoms with Gasteiger partial charge in [0.15, 0.2) is 27.3 Å². The molecule has 0 bridgehead atoms. The fourth-order valence-corrected chi connectivity index (χ4v) is 4.12. The van der Waals surface area contributed by atoms with Crippen molar-refractivity contribution in [2.75, 3.05) is 12.3 Å². The van der Waals surface area contributed by atoms with Crippen LogP contribution in [0.3, 0.4) is 0 Å². The number of hydrogen-bond donors (Lipinski definition) is 1. The van der Waals surface area contributed by atoms with Crippen molar-refractivity contribution in [2.24, 2.45) is 0 Å². The highest BCUT2D eigenvalue weighted by Gasteiger charge is 2.31. The number of halogens is 3. The van der Waals surface area contributed by atoms with Gasteiger partial charge in [-0.05, 0) is 37.5 Å². The van der Waals surface area contributed by atoms with E-state index in [1.807, 2.05) is 0 Å². The van der Waals surface area contributed by atoms with Crippen LogP contribution in [0.2, 0.25) is 0 Å². The van der Waals surface area contributed by atoms with Crippen LogP contribution in [0.25, 0.3) is 0 Å². The smallest absolute Gasteiger partial charge is 0.194 e.